The molecule has 0 aliphatic rings. The van der Waals surface area contributed by atoms with Gasteiger partial charge in [0.05, 0.1) is 23.1 Å². The van der Waals surface area contributed by atoms with Gasteiger partial charge in [0.25, 0.3) is 0 Å². The van der Waals surface area contributed by atoms with Crippen molar-refractivity contribution in [3.63, 3.8) is 0 Å². The number of hydrogen-bond donors (Lipinski definition) is 0. The third kappa shape index (κ3) is 7.08. The molecule has 1 aromatic heterocycles. The summed E-state index contributed by atoms with van der Waals surface area (Å²) in [7, 11) is 1.65. The molecule has 31 heavy (non-hydrogen) atoms. The fourth-order valence-corrected chi connectivity index (χ4v) is 5.34. The molecule has 0 saturated heterocycles. The van der Waals surface area contributed by atoms with Gasteiger partial charge in [-0.05, 0) is 55.6 Å². The van der Waals surface area contributed by atoms with E-state index < -0.39 is 0 Å². The highest BCUT2D eigenvalue weighted by Crippen LogP contribution is 2.31. The summed E-state index contributed by atoms with van der Waals surface area (Å²) in [5.74, 6) is 1.25. The van der Waals surface area contributed by atoms with Gasteiger partial charge in [-0.1, -0.05) is 41.1 Å². The first kappa shape index (κ1) is 25.9. The molecule has 1 amide bonds. The quantitative estimate of drug-likeness (QED) is 0.295. The molecule has 0 N–H and O–H groups in total. The van der Waals surface area contributed by atoms with Crippen LogP contribution in [-0.2, 0) is 4.79 Å². The Hall–Kier alpha value is -1.32. The zero-order valence-electron chi connectivity index (χ0n) is 17.8. The molecule has 0 saturated carbocycles. The number of likely N-dealkylation sites (N-methyl/N-ethyl adjacent to an activating group) is 1. The number of aromatic nitrogens is 1. The number of benzene rings is 2. The first-order chi connectivity index (χ1) is 14.5. The Morgan fingerprint density at radius 3 is 2.48 bits per heavy atom. The SMILES string of the molecule is CCN(CC)CCN(C(=O)CSc1ccc(OC)cc1)c1nc2ccc(Br)cc2s1.Cl. The molecule has 0 unspecified atom stereocenters. The van der Waals surface area contributed by atoms with Crippen LogP contribution < -0.4 is 9.64 Å². The summed E-state index contributed by atoms with van der Waals surface area (Å²) in [4.78, 5) is 23.1. The molecule has 0 spiro atoms. The first-order valence-electron chi connectivity index (χ1n) is 9.89. The van der Waals surface area contributed by atoms with Crippen molar-refractivity contribution in [1.29, 1.82) is 0 Å². The van der Waals surface area contributed by atoms with Crippen LogP contribution in [0.1, 0.15) is 13.8 Å². The average molecular weight is 545 g/mol. The van der Waals surface area contributed by atoms with Crippen molar-refractivity contribution in [2.75, 3.05) is 43.9 Å². The van der Waals surface area contributed by atoms with E-state index in [-0.39, 0.29) is 18.3 Å². The predicted octanol–water partition coefficient (Wildman–Crippen LogP) is 5.96. The van der Waals surface area contributed by atoms with Crippen molar-refractivity contribution in [2.24, 2.45) is 0 Å². The van der Waals surface area contributed by atoms with E-state index in [2.05, 4.69) is 40.7 Å². The van der Waals surface area contributed by atoms with Crippen LogP contribution in [0.3, 0.4) is 0 Å². The summed E-state index contributed by atoms with van der Waals surface area (Å²) in [6, 6.07) is 13.8. The van der Waals surface area contributed by atoms with Gasteiger partial charge < -0.3 is 9.64 Å². The second-order valence-corrected chi connectivity index (χ2v) is 9.62. The predicted molar refractivity (Wildman–Crippen MR) is 138 cm³/mol. The summed E-state index contributed by atoms with van der Waals surface area (Å²) < 4.78 is 7.29. The van der Waals surface area contributed by atoms with Gasteiger partial charge in [0, 0.05) is 22.5 Å². The molecular formula is C22H27BrClN3O2S2. The average Bonchev–Trinajstić information content (AvgIpc) is 3.18. The fourth-order valence-electron chi connectivity index (χ4n) is 3.00. The van der Waals surface area contributed by atoms with Crippen molar-refractivity contribution in [2.45, 2.75) is 18.7 Å². The summed E-state index contributed by atoms with van der Waals surface area (Å²) >= 11 is 6.61. The number of ether oxygens (including phenoxy) is 1. The van der Waals surface area contributed by atoms with E-state index in [9.17, 15) is 4.79 Å². The Labute approximate surface area is 206 Å². The zero-order valence-corrected chi connectivity index (χ0v) is 21.9. The van der Waals surface area contributed by atoms with Crippen LogP contribution in [0.4, 0.5) is 5.13 Å². The minimum absolute atomic E-state index is 0. The van der Waals surface area contributed by atoms with Crippen LogP contribution in [0.2, 0.25) is 0 Å². The fraction of sp³-hybridized carbons (Fsp3) is 0.364. The minimum atomic E-state index is 0. The van der Waals surface area contributed by atoms with E-state index in [4.69, 9.17) is 9.72 Å². The van der Waals surface area contributed by atoms with Crippen molar-refractivity contribution in [3.05, 3.63) is 46.9 Å². The molecule has 5 nitrogen and oxygen atoms in total. The number of thiazole rings is 1. The largest absolute Gasteiger partial charge is 0.497 e. The summed E-state index contributed by atoms with van der Waals surface area (Å²) in [5.41, 5.74) is 0.918. The van der Waals surface area contributed by atoms with Crippen LogP contribution in [0.5, 0.6) is 5.75 Å². The van der Waals surface area contributed by atoms with Crippen molar-refractivity contribution in [1.82, 2.24) is 9.88 Å². The summed E-state index contributed by atoms with van der Waals surface area (Å²) in [5, 5.41) is 0.760. The zero-order chi connectivity index (χ0) is 21.5. The number of fused-ring (bicyclic) bond motifs is 1. The Kier molecular flexibility index (Phi) is 10.6. The second-order valence-electron chi connectivity index (χ2n) is 6.64. The van der Waals surface area contributed by atoms with Gasteiger partial charge in [-0.2, -0.15) is 0 Å². The summed E-state index contributed by atoms with van der Waals surface area (Å²) in [6.07, 6.45) is 0. The minimum Gasteiger partial charge on any atom is -0.497 e. The lowest BCUT2D eigenvalue weighted by atomic mass is 10.3. The maximum absolute atomic E-state index is 13.2. The second kappa shape index (κ2) is 12.6. The van der Waals surface area contributed by atoms with Crippen LogP contribution in [0.15, 0.2) is 51.8 Å². The molecule has 0 radical (unpaired) electrons. The monoisotopic (exact) mass is 543 g/mol. The Morgan fingerprint density at radius 2 is 1.84 bits per heavy atom. The summed E-state index contributed by atoms with van der Waals surface area (Å²) in [6.45, 7) is 7.67. The normalized spacial score (nSPS) is 10.9. The van der Waals surface area contributed by atoms with Gasteiger partial charge in [-0.25, -0.2) is 4.98 Å². The maximum Gasteiger partial charge on any atom is 0.239 e. The number of thioether (sulfide) groups is 1. The topological polar surface area (TPSA) is 45.7 Å². The molecule has 0 atom stereocenters. The smallest absolute Gasteiger partial charge is 0.239 e. The molecule has 0 aliphatic heterocycles. The highest BCUT2D eigenvalue weighted by atomic mass is 79.9. The van der Waals surface area contributed by atoms with Gasteiger partial charge >= 0.3 is 0 Å². The molecule has 0 bridgehead atoms. The lowest BCUT2D eigenvalue weighted by Gasteiger charge is -2.24. The van der Waals surface area contributed by atoms with Crippen molar-refractivity contribution < 1.29 is 9.53 Å². The molecule has 0 aliphatic carbocycles. The van der Waals surface area contributed by atoms with E-state index in [0.29, 0.717) is 12.3 Å². The van der Waals surface area contributed by atoms with E-state index in [1.807, 2.05) is 41.3 Å². The van der Waals surface area contributed by atoms with Crippen LogP contribution >= 0.6 is 51.4 Å². The number of amides is 1. The third-order valence-corrected chi connectivity index (χ3v) is 7.36. The van der Waals surface area contributed by atoms with Gasteiger partial charge in [-0.15, -0.1) is 24.2 Å². The number of anilines is 1. The molecule has 3 aromatic rings. The van der Waals surface area contributed by atoms with E-state index in [1.165, 1.54) is 11.8 Å². The number of rotatable bonds is 10. The third-order valence-electron chi connectivity index (χ3n) is 4.83. The number of halogens is 2. The van der Waals surface area contributed by atoms with Gasteiger partial charge in [0.15, 0.2) is 5.13 Å². The number of carbonyl (C=O) groups is 1. The molecule has 168 valence electrons. The Bertz CT molecular complexity index is 981. The van der Waals surface area contributed by atoms with Crippen molar-refractivity contribution >= 4 is 72.7 Å². The molecule has 0 fully saturated rings. The standard InChI is InChI=1S/C22H26BrN3O2S2.ClH/c1-4-25(5-2)12-13-26(22-24-19-11-6-16(23)14-20(19)30-22)21(27)15-29-18-9-7-17(28-3)8-10-18;/h6-11,14H,4-5,12-13,15H2,1-3H3;1H. The molecule has 9 heteroatoms. The Balaban J connectivity index is 0.00000341. The van der Waals surface area contributed by atoms with E-state index >= 15 is 0 Å². The van der Waals surface area contributed by atoms with Crippen LogP contribution in [0.25, 0.3) is 10.2 Å². The van der Waals surface area contributed by atoms with Crippen LogP contribution in [0, 0.1) is 0 Å². The van der Waals surface area contributed by atoms with E-state index in [1.54, 1.807) is 18.4 Å². The number of hydrogen-bond acceptors (Lipinski definition) is 6. The number of nitrogens with zero attached hydrogens (tertiary/aromatic N) is 3. The van der Waals surface area contributed by atoms with Crippen LogP contribution in [-0.4, -0.2) is 54.8 Å². The highest BCUT2D eigenvalue weighted by Gasteiger charge is 2.20. The lowest BCUT2D eigenvalue weighted by molar-refractivity contribution is -0.116. The Morgan fingerprint density at radius 1 is 1.13 bits per heavy atom. The van der Waals surface area contributed by atoms with Gasteiger partial charge in [0.1, 0.15) is 5.75 Å². The van der Waals surface area contributed by atoms with Gasteiger partial charge in [-0.3, -0.25) is 9.69 Å². The van der Waals surface area contributed by atoms with Gasteiger partial charge in [0.2, 0.25) is 5.91 Å². The first-order valence-corrected chi connectivity index (χ1v) is 12.5. The number of methoxy groups -OCH3 is 1. The lowest BCUT2D eigenvalue weighted by Crippen LogP contribution is -2.39. The molecule has 1 heterocycles. The van der Waals surface area contributed by atoms with E-state index in [0.717, 1.165) is 50.1 Å². The number of carbonyl (C=O) groups excluding carboxylic acids is 1. The highest BCUT2D eigenvalue weighted by molar-refractivity contribution is 9.10. The molecule has 3 rings (SSSR count). The van der Waals surface area contributed by atoms with Crippen molar-refractivity contribution in [3.8, 4) is 5.75 Å². The molecule has 2 aromatic carbocycles. The molecular weight excluding hydrogens is 518 g/mol. The maximum atomic E-state index is 13.2.